The lowest BCUT2D eigenvalue weighted by Gasteiger charge is -2.01. The van der Waals surface area contributed by atoms with Gasteiger partial charge in [-0.05, 0) is 18.4 Å². The van der Waals surface area contributed by atoms with Crippen molar-refractivity contribution in [1.29, 1.82) is 0 Å². The third-order valence-electron chi connectivity index (χ3n) is 2.71. The molecular weight excluding hydrogens is 278 g/mol. The van der Waals surface area contributed by atoms with Crippen molar-refractivity contribution in [1.82, 2.24) is 15.0 Å². The van der Waals surface area contributed by atoms with Crippen molar-refractivity contribution in [2.75, 3.05) is 0 Å². The molecular formula is C13H16BrN3. The monoisotopic (exact) mass is 293 g/mol. The Kier molecular flexibility index (Phi) is 4.31. The molecule has 17 heavy (non-hydrogen) atoms. The van der Waals surface area contributed by atoms with Crippen LogP contribution in [-0.4, -0.2) is 15.0 Å². The van der Waals surface area contributed by atoms with Gasteiger partial charge < -0.3 is 0 Å². The third-order valence-corrected chi connectivity index (χ3v) is 3.82. The molecule has 0 aliphatic rings. The summed E-state index contributed by atoms with van der Waals surface area (Å²) in [5.41, 5.74) is 2.34. The minimum atomic E-state index is 0.313. The van der Waals surface area contributed by atoms with Crippen molar-refractivity contribution < 1.29 is 0 Å². The average Bonchev–Trinajstić information content (AvgIpc) is 2.85. The molecule has 1 aromatic heterocycles. The maximum absolute atomic E-state index is 4.17. The van der Waals surface area contributed by atoms with Crippen LogP contribution in [0.5, 0.6) is 0 Å². The van der Waals surface area contributed by atoms with Gasteiger partial charge in [-0.1, -0.05) is 58.4 Å². The van der Waals surface area contributed by atoms with Crippen LogP contribution >= 0.6 is 15.9 Å². The van der Waals surface area contributed by atoms with Crippen molar-refractivity contribution in [2.24, 2.45) is 0 Å². The number of alkyl halides is 1. The van der Waals surface area contributed by atoms with Gasteiger partial charge >= 0.3 is 0 Å². The van der Waals surface area contributed by atoms with Gasteiger partial charge in [0.15, 0.2) is 0 Å². The van der Waals surface area contributed by atoms with Crippen LogP contribution in [0.15, 0.2) is 36.5 Å². The first kappa shape index (κ1) is 12.3. The Labute approximate surface area is 110 Å². The molecule has 0 saturated heterocycles. The molecule has 1 heterocycles. The highest BCUT2D eigenvalue weighted by atomic mass is 79.9. The van der Waals surface area contributed by atoms with E-state index in [4.69, 9.17) is 0 Å². The minimum Gasteiger partial charge on any atom is -0.252 e. The number of benzene rings is 1. The maximum Gasteiger partial charge on any atom is 0.0963 e. The SMILES string of the molecule is CCC(Br)c1cn(CCc2ccccc2)nn1. The van der Waals surface area contributed by atoms with Gasteiger partial charge in [-0.2, -0.15) is 0 Å². The summed E-state index contributed by atoms with van der Waals surface area (Å²) in [6.07, 6.45) is 4.03. The van der Waals surface area contributed by atoms with Gasteiger partial charge in [-0.25, -0.2) is 0 Å². The molecule has 0 aliphatic carbocycles. The summed E-state index contributed by atoms with van der Waals surface area (Å²) in [6, 6.07) is 10.4. The summed E-state index contributed by atoms with van der Waals surface area (Å²) in [5.74, 6) is 0. The first-order chi connectivity index (χ1) is 8.29. The van der Waals surface area contributed by atoms with Gasteiger partial charge in [0.25, 0.3) is 0 Å². The summed E-state index contributed by atoms with van der Waals surface area (Å²) in [4.78, 5) is 0.313. The molecule has 2 aromatic rings. The highest BCUT2D eigenvalue weighted by Gasteiger charge is 2.09. The van der Waals surface area contributed by atoms with Gasteiger partial charge in [0.05, 0.1) is 10.5 Å². The Balaban J connectivity index is 1.94. The van der Waals surface area contributed by atoms with E-state index >= 15 is 0 Å². The molecule has 3 nitrogen and oxygen atoms in total. The molecule has 1 unspecified atom stereocenters. The fraction of sp³-hybridized carbons (Fsp3) is 0.385. The number of aromatic nitrogens is 3. The van der Waals surface area contributed by atoms with Crippen molar-refractivity contribution in [2.45, 2.75) is 31.1 Å². The largest absolute Gasteiger partial charge is 0.252 e. The third kappa shape index (κ3) is 3.40. The minimum absolute atomic E-state index is 0.313. The van der Waals surface area contributed by atoms with Crippen molar-refractivity contribution in [3.05, 3.63) is 47.8 Å². The van der Waals surface area contributed by atoms with Crippen LogP contribution in [0.4, 0.5) is 0 Å². The summed E-state index contributed by atoms with van der Waals surface area (Å²) in [7, 11) is 0. The van der Waals surface area contributed by atoms with E-state index in [9.17, 15) is 0 Å². The highest BCUT2D eigenvalue weighted by Crippen LogP contribution is 2.23. The quantitative estimate of drug-likeness (QED) is 0.792. The second-order valence-electron chi connectivity index (χ2n) is 4.02. The van der Waals surface area contributed by atoms with E-state index in [0.717, 1.165) is 25.1 Å². The zero-order valence-corrected chi connectivity index (χ0v) is 11.5. The van der Waals surface area contributed by atoms with E-state index < -0.39 is 0 Å². The van der Waals surface area contributed by atoms with E-state index in [1.807, 2.05) is 16.9 Å². The second-order valence-corrected chi connectivity index (χ2v) is 5.12. The Morgan fingerprint density at radius 3 is 2.76 bits per heavy atom. The first-order valence-corrected chi connectivity index (χ1v) is 6.79. The zero-order chi connectivity index (χ0) is 12.1. The molecule has 0 N–H and O–H groups in total. The molecule has 0 spiro atoms. The summed E-state index contributed by atoms with van der Waals surface area (Å²) in [6.45, 7) is 3.00. The number of hydrogen-bond acceptors (Lipinski definition) is 2. The number of nitrogens with zero attached hydrogens (tertiary/aromatic N) is 3. The van der Waals surface area contributed by atoms with E-state index in [2.05, 4.69) is 57.4 Å². The van der Waals surface area contributed by atoms with E-state index in [-0.39, 0.29) is 0 Å². The standard InChI is InChI=1S/C13H16BrN3/c1-2-12(14)13-10-17(16-15-13)9-8-11-6-4-3-5-7-11/h3-7,10,12H,2,8-9H2,1H3. The van der Waals surface area contributed by atoms with Gasteiger partial charge in [0.2, 0.25) is 0 Å². The predicted octanol–water partition coefficient (Wildman–Crippen LogP) is 3.37. The highest BCUT2D eigenvalue weighted by molar-refractivity contribution is 9.09. The summed E-state index contributed by atoms with van der Waals surface area (Å²) in [5, 5.41) is 8.30. The van der Waals surface area contributed by atoms with Gasteiger partial charge in [0, 0.05) is 12.7 Å². The second kappa shape index (κ2) is 5.96. The van der Waals surface area contributed by atoms with Crippen LogP contribution in [0.3, 0.4) is 0 Å². The Hall–Kier alpha value is -1.16. The van der Waals surface area contributed by atoms with Crippen LogP contribution < -0.4 is 0 Å². The fourth-order valence-corrected chi connectivity index (χ4v) is 1.87. The van der Waals surface area contributed by atoms with Crippen LogP contribution in [0.2, 0.25) is 0 Å². The smallest absolute Gasteiger partial charge is 0.0963 e. The normalized spacial score (nSPS) is 12.6. The molecule has 2 rings (SSSR count). The van der Waals surface area contributed by atoms with Crippen LogP contribution in [-0.2, 0) is 13.0 Å². The van der Waals surface area contributed by atoms with Crippen molar-refractivity contribution in [3.8, 4) is 0 Å². The molecule has 0 saturated carbocycles. The van der Waals surface area contributed by atoms with Crippen molar-refractivity contribution in [3.63, 3.8) is 0 Å². The summed E-state index contributed by atoms with van der Waals surface area (Å²) >= 11 is 3.58. The average molecular weight is 294 g/mol. The van der Waals surface area contributed by atoms with Crippen LogP contribution in [0, 0.1) is 0 Å². The number of hydrogen-bond donors (Lipinski definition) is 0. The molecule has 0 radical (unpaired) electrons. The Morgan fingerprint density at radius 2 is 2.06 bits per heavy atom. The van der Waals surface area contributed by atoms with Crippen molar-refractivity contribution >= 4 is 15.9 Å². The van der Waals surface area contributed by atoms with Gasteiger partial charge in [0.1, 0.15) is 0 Å². The lowest BCUT2D eigenvalue weighted by molar-refractivity contribution is 0.589. The molecule has 90 valence electrons. The van der Waals surface area contributed by atoms with Gasteiger partial charge in [-0.15, -0.1) is 5.10 Å². The molecule has 0 amide bonds. The molecule has 1 aromatic carbocycles. The van der Waals surface area contributed by atoms with Crippen LogP contribution in [0.1, 0.15) is 29.4 Å². The molecule has 0 aliphatic heterocycles. The Morgan fingerprint density at radius 1 is 1.29 bits per heavy atom. The summed E-state index contributed by atoms with van der Waals surface area (Å²) < 4.78 is 1.91. The predicted molar refractivity (Wildman–Crippen MR) is 72.1 cm³/mol. The zero-order valence-electron chi connectivity index (χ0n) is 9.88. The molecule has 0 fully saturated rings. The van der Waals surface area contributed by atoms with E-state index in [1.165, 1.54) is 5.56 Å². The number of aryl methyl sites for hydroxylation is 2. The van der Waals surface area contributed by atoms with E-state index in [1.54, 1.807) is 0 Å². The van der Waals surface area contributed by atoms with Gasteiger partial charge in [-0.3, -0.25) is 4.68 Å². The maximum atomic E-state index is 4.17. The lowest BCUT2D eigenvalue weighted by atomic mass is 10.1. The molecule has 1 atom stereocenters. The topological polar surface area (TPSA) is 30.7 Å². The molecule has 4 heteroatoms. The lowest BCUT2D eigenvalue weighted by Crippen LogP contribution is -2.01. The van der Waals surface area contributed by atoms with E-state index in [0.29, 0.717) is 4.83 Å². The van der Waals surface area contributed by atoms with Crippen LogP contribution in [0.25, 0.3) is 0 Å². The Bertz CT molecular complexity index is 453. The number of rotatable bonds is 5. The number of halogens is 1. The molecule has 0 bridgehead atoms. The fourth-order valence-electron chi connectivity index (χ4n) is 1.66. The first-order valence-electron chi connectivity index (χ1n) is 5.87.